The second-order valence-corrected chi connectivity index (χ2v) is 4.43. The van der Waals surface area contributed by atoms with Gasteiger partial charge < -0.3 is 10.0 Å². The Balaban J connectivity index is 0.00000220. The average Bonchev–Trinajstić information content (AvgIpc) is 2.45. The summed E-state index contributed by atoms with van der Waals surface area (Å²) in [4.78, 5) is 13.0. The second-order valence-electron chi connectivity index (χ2n) is 4.43. The van der Waals surface area contributed by atoms with Crippen LogP contribution >= 0.6 is 0 Å². The maximum atomic E-state index is 11.0. The number of hydrogen-bond acceptors (Lipinski definition) is 4. The molecule has 2 aromatic rings. The molecule has 1 N–H and O–H groups in total. The van der Waals surface area contributed by atoms with Crippen molar-refractivity contribution in [2.45, 2.75) is 0 Å². The number of carboxylic acids is 1. The second kappa shape index (κ2) is 7.93. The molecule has 21 heavy (non-hydrogen) atoms. The summed E-state index contributed by atoms with van der Waals surface area (Å²) in [5.74, 6) is -1.01. The Hall–Kier alpha value is -1.69. The standard InChI is InChI=1S/C15H15N3O2.Na.H/c1-18(2)12-9-7-11(8-10-12)16-17-14-6-4-3-5-13(14)15(19)20;;/h3-10H,1-2H3,(H,19,20);;. The van der Waals surface area contributed by atoms with E-state index in [4.69, 9.17) is 5.11 Å². The van der Waals surface area contributed by atoms with E-state index in [0.29, 0.717) is 11.4 Å². The molecular weight excluding hydrogens is 277 g/mol. The van der Waals surface area contributed by atoms with E-state index >= 15 is 0 Å². The molecule has 0 atom stereocenters. The zero-order valence-electron chi connectivity index (χ0n) is 11.3. The third-order valence-corrected chi connectivity index (χ3v) is 2.77. The zero-order chi connectivity index (χ0) is 14.5. The summed E-state index contributed by atoms with van der Waals surface area (Å²) in [6, 6.07) is 14.1. The van der Waals surface area contributed by atoms with Crippen molar-refractivity contribution in [3.05, 3.63) is 54.1 Å². The molecule has 0 amide bonds. The van der Waals surface area contributed by atoms with Crippen LogP contribution in [0.1, 0.15) is 10.4 Å². The Bertz CT molecular complexity index is 640. The van der Waals surface area contributed by atoms with Gasteiger partial charge in [0.05, 0.1) is 11.3 Å². The van der Waals surface area contributed by atoms with E-state index in [-0.39, 0.29) is 35.1 Å². The van der Waals surface area contributed by atoms with Gasteiger partial charge in [-0.15, -0.1) is 5.11 Å². The van der Waals surface area contributed by atoms with Gasteiger partial charge in [-0.1, -0.05) is 12.1 Å². The van der Waals surface area contributed by atoms with Crippen molar-refractivity contribution in [3.8, 4) is 0 Å². The molecule has 104 valence electrons. The first kappa shape index (κ1) is 17.4. The fourth-order valence-corrected chi connectivity index (χ4v) is 1.67. The molecule has 0 heterocycles. The van der Waals surface area contributed by atoms with E-state index in [1.54, 1.807) is 18.2 Å². The van der Waals surface area contributed by atoms with Crippen LogP contribution in [0.15, 0.2) is 58.8 Å². The zero-order valence-corrected chi connectivity index (χ0v) is 11.3. The molecule has 0 unspecified atom stereocenters. The first-order valence-corrected chi connectivity index (χ1v) is 6.09. The molecule has 2 aromatic carbocycles. The Morgan fingerprint density at radius 1 is 1.00 bits per heavy atom. The van der Waals surface area contributed by atoms with Gasteiger partial charge in [0, 0.05) is 19.8 Å². The summed E-state index contributed by atoms with van der Waals surface area (Å²) in [7, 11) is 3.92. The van der Waals surface area contributed by atoms with E-state index < -0.39 is 5.97 Å². The van der Waals surface area contributed by atoms with Crippen LogP contribution in [0.4, 0.5) is 17.1 Å². The van der Waals surface area contributed by atoms with E-state index in [2.05, 4.69) is 10.2 Å². The van der Waals surface area contributed by atoms with Crippen LogP contribution in [-0.4, -0.2) is 54.7 Å². The van der Waals surface area contributed by atoms with Crippen LogP contribution in [0.5, 0.6) is 0 Å². The number of rotatable bonds is 4. The minimum atomic E-state index is -1.01. The first-order chi connectivity index (χ1) is 9.58. The third kappa shape index (κ3) is 4.67. The summed E-state index contributed by atoms with van der Waals surface area (Å²) in [5.41, 5.74) is 2.23. The molecule has 0 radical (unpaired) electrons. The van der Waals surface area contributed by atoms with Crippen LogP contribution in [0.2, 0.25) is 0 Å². The molecule has 0 aliphatic rings. The third-order valence-electron chi connectivity index (χ3n) is 2.77. The number of azo groups is 1. The van der Waals surface area contributed by atoms with E-state index in [1.165, 1.54) is 6.07 Å². The van der Waals surface area contributed by atoms with E-state index in [1.807, 2.05) is 43.3 Å². The monoisotopic (exact) mass is 293 g/mol. The van der Waals surface area contributed by atoms with Gasteiger partial charge >= 0.3 is 35.5 Å². The summed E-state index contributed by atoms with van der Waals surface area (Å²) in [6.07, 6.45) is 0. The van der Waals surface area contributed by atoms with Crippen LogP contribution in [0.25, 0.3) is 0 Å². The fraction of sp³-hybridized carbons (Fsp3) is 0.133. The number of aromatic carboxylic acids is 1. The number of anilines is 1. The molecule has 0 aromatic heterocycles. The molecular formula is C15H16N3NaO2. The summed E-state index contributed by atoms with van der Waals surface area (Å²) < 4.78 is 0. The van der Waals surface area contributed by atoms with Gasteiger partial charge in [-0.2, -0.15) is 5.11 Å². The van der Waals surface area contributed by atoms with Crippen LogP contribution < -0.4 is 4.90 Å². The maximum absolute atomic E-state index is 11.0. The SMILES string of the molecule is CN(C)c1ccc(N=Nc2ccccc2C(=O)O)cc1.[NaH]. The molecule has 0 aliphatic heterocycles. The number of nitrogens with zero attached hydrogens (tertiary/aromatic N) is 3. The Morgan fingerprint density at radius 2 is 1.62 bits per heavy atom. The van der Waals surface area contributed by atoms with Crippen LogP contribution in [0.3, 0.4) is 0 Å². The summed E-state index contributed by atoms with van der Waals surface area (Å²) in [6.45, 7) is 0. The molecule has 6 heteroatoms. The van der Waals surface area contributed by atoms with Crippen molar-refractivity contribution in [2.24, 2.45) is 10.2 Å². The Morgan fingerprint density at radius 3 is 2.19 bits per heavy atom. The molecule has 0 bridgehead atoms. The quantitative estimate of drug-likeness (QED) is 0.695. The molecule has 5 nitrogen and oxygen atoms in total. The summed E-state index contributed by atoms with van der Waals surface area (Å²) >= 11 is 0. The van der Waals surface area contributed by atoms with Crippen molar-refractivity contribution in [1.29, 1.82) is 0 Å². The van der Waals surface area contributed by atoms with Crippen LogP contribution in [0, 0.1) is 0 Å². The van der Waals surface area contributed by atoms with Crippen molar-refractivity contribution in [3.63, 3.8) is 0 Å². The average molecular weight is 293 g/mol. The van der Waals surface area contributed by atoms with Gasteiger partial charge in [0.1, 0.15) is 5.69 Å². The Labute approximate surface area is 145 Å². The first-order valence-electron chi connectivity index (χ1n) is 6.09. The van der Waals surface area contributed by atoms with Gasteiger partial charge in [-0.05, 0) is 36.4 Å². The molecule has 0 spiro atoms. The van der Waals surface area contributed by atoms with Crippen molar-refractivity contribution in [1.82, 2.24) is 0 Å². The predicted octanol–water partition coefficient (Wildman–Crippen LogP) is 3.22. The van der Waals surface area contributed by atoms with Gasteiger partial charge in [0.25, 0.3) is 0 Å². The molecule has 2 rings (SSSR count). The predicted molar refractivity (Wildman–Crippen MR) is 85.5 cm³/mol. The number of carbonyl (C=O) groups is 1. The van der Waals surface area contributed by atoms with Gasteiger partial charge in [0.2, 0.25) is 0 Å². The number of hydrogen-bond donors (Lipinski definition) is 1. The summed E-state index contributed by atoms with van der Waals surface area (Å²) in [5, 5.41) is 17.1. The normalized spacial score (nSPS) is 10.2. The van der Waals surface area contributed by atoms with Crippen LogP contribution in [-0.2, 0) is 0 Å². The van der Waals surface area contributed by atoms with E-state index in [0.717, 1.165) is 5.69 Å². The van der Waals surface area contributed by atoms with Crippen molar-refractivity contribution < 1.29 is 9.90 Å². The van der Waals surface area contributed by atoms with Gasteiger partial charge in [-0.25, -0.2) is 4.79 Å². The van der Waals surface area contributed by atoms with Crippen molar-refractivity contribution >= 4 is 52.6 Å². The van der Waals surface area contributed by atoms with Crippen molar-refractivity contribution in [2.75, 3.05) is 19.0 Å². The molecule has 0 fully saturated rings. The number of benzene rings is 2. The Kier molecular flexibility index (Phi) is 6.55. The molecule has 0 saturated heterocycles. The van der Waals surface area contributed by atoms with Gasteiger partial charge in [-0.3, -0.25) is 0 Å². The minimum absolute atomic E-state index is 0. The number of carboxylic acid groups (broad SMARTS) is 1. The topological polar surface area (TPSA) is 65.3 Å². The molecule has 0 aliphatic carbocycles. The van der Waals surface area contributed by atoms with E-state index in [9.17, 15) is 4.79 Å². The molecule has 0 saturated carbocycles. The fourth-order valence-electron chi connectivity index (χ4n) is 1.67. The van der Waals surface area contributed by atoms with Gasteiger partial charge in [0.15, 0.2) is 0 Å².